The highest BCUT2D eigenvalue weighted by Gasteiger charge is 2.09. The molecule has 0 saturated carbocycles. The molecule has 76 valence electrons. The Balaban J connectivity index is 3.34. The average Bonchev–Trinajstić information content (AvgIpc) is 2.10. The van der Waals surface area contributed by atoms with Crippen molar-refractivity contribution >= 4 is 0 Å². The largest absolute Gasteiger partial charge is 0.395 e. The first kappa shape index (κ1) is 12.4. The molecule has 3 nitrogen and oxygen atoms in total. The number of aliphatic hydroxyl groups is 1. The highest BCUT2D eigenvalue weighted by atomic mass is 16.3. The molecule has 0 aliphatic rings. The summed E-state index contributed by atoms with van der Waals surface area (Å²) < 4.78 is 0. The van der Waals surface area contributed by atoms with Crippen molar-refractivity contribution in [2.24, 2.45) is 5.92 Å². The van der Waals surface area contributed by atoms with Crippen LogP contribution in [0.3, 0.4) is 0 Å². The van der Waals surface area contributed by atoms with Crippen LogP contribution < -0.4 is 5.32 Å². The Morgan fingerprint density at radius 1 is 1.38 bits per heavy atom. The summed E-state index contributed by atoms with van der Waals surface area (Å²) in [5, 5.41) is 20.6. The van der Waals surface area contributed by atoms with Gasteiger partial charge in [0.2, 0.25) is 0 Å². The molecule has 0 aromatic carbocycles. The molecule has 0 radical (unpaired) electrons. The molecule has 0 heterocycles. The monoisotopic (exact) mass is 184 g/mol. The number of nitrogens with one attached hydrogen (secondary N) is 1. The van der Waals surface area contributed by atoms with Crippen molar-refractivity contribution in [2.45, 2.75) is 39.2 Å². The van der Waals surface area contributed by atoms with Crippen molar-refractivity contribution in [3.8, 4) is 6.07 Å². The maximum absolute atomic E-state index is 8.98. The summed E-state index contributed by atoms with van der Waals surface area (Å²) >= 11 is 0. The molecule has 3 heteroatoms. The van der Waals surface area contributed by atoms with E-state index < -0.39 is 0 Å². The highest BCUT2D eigenvalue weighted by Crippen LogP contribution is 2.01. The van der Waals surface area contributed by atoms with Crippen molar-refractivity contribution in [1.82, 2.24) is 5.32 Å². The molecule has 1 unspecified atom stereocenters. The Morgan fingerprint density at radius 3 is 2.54 bits per heavy atom. The highest BCUT2D eigenvalue weighted by molar-refractivity contribution is 4.71. The summed E-state index contributed by atoms with van der Waals surface area (Å²) in [6.45, 7) is 5.26. The minimum absolute atomic E-state index is 0.190. The van der Waals surface area contributed by atoms with Gasteiger partial charge < -0.3 is 10.4 Å². The van der Waals surface area contributed by atoms with E-state index >= 15 is 0 Å². The van der Waals surface area contributed by atoms with Crippen LogP contribution in [0.15, 0.2) is 0 Å². The molecule has 13 heavy (non-hydrogen) atoms. The maximum atomic E-state index is 8.98. The quantitative estimate of drug-likeness (QED) is 0.586. The zero-order chi connectivity index (χ0) is 10.1. The standard InChI is InChI=1S/C10H20N2O/c1-9(2)10(8-13)12-7-5-3-4-6-11/h9-10,12-13H,3-5,7-8H2,1-2H3. The van der Waals surface area contributed by atoms with Crippen LogP contribution in [0.5, 0.6) is 0 Å². The number of nitrogens with zero attached hydrogens (tertiary/aromatic N) is 1. The second-order valence-electron chi connectivity index (χ2n) is 3.60. The first-order valence-electron chi connectivity index (χ1n) is 4.93. The molecule has 0 aliphatic carbocycles. The molecule has 0 saturated heterocycles. The number of nitriles is 1. The summed E-state index contributed by atoms with van der Waals surface area (Å²) in [5.41, 5.74) is 0. The fourth-order valence-electron chi connectivity index (χ4n) is 1.13. The second-order valence-corrected chi connectivity index (χ2v) is 3.60. The van der Waals surface area contributed by atoms with Crippen LogP contribution >= 0.6 is 0 Å². The normalized spacial score (nSPS) is 12.8. The van der Waals surface area contributed by atoms with E-state index in [9.17, 15) is 0 Å². The van der Waals surface area contributed by atoms with Gasteiger partial charge in [-0.2, -0.15) is 5.26 Å². The lowest BCUT2D eigenvalue weighted by Gasteiger charge is -2.19. The van der Waals surface area contributed by atoms with Gasteiger partial charge >= 0.3 is 0 Å². The fourth-order valence-corrected chi connectivity index (χ4v) is 1.13. The topological polar surface area (TPSA) is 56.0 Å². The van der Waals surface area contributed by atoms with E-state index in [0.29, 0.717) is 12.3 Å². The average molecular weight is 184 g/mol. The summed E-state index contributed by atoms with van der Waals surface area (Å²) in [4.78, 5) is 0. The molecule has 0 spiro atoms. The smallest absolute Gasteiger partial charge is 0.0621 e. The number of unbranched alkanes of at least 4 members (excludes halogenated alkanes) is 2. The molecule has 1 atom stereocenters. The molecule has 2 N–H and O–H groups in total. The third kappa shape index (κ3) is 6.56. The van der Waals surface area contributed by atoms with E-state index in [4.69, 9.17) is 10.4 Å². The number of rotatable bonds is 7. The minimum atomic E-state index is 0.190. The van der Waals surface area contributed by atoms with Gasteiger partial charge in [-0.15, -0.1) is 0 Å². The first-order valence-corrected chi connectivity index (χ1v) is 4.93. The van der Waals surface area contributed by atoms with Crippen molar-refractivity contribution in [2.75, 3.05) is 13.2 Å². The van der Waals surface area contributed by atoms with Crippen LogP contribution in [0, 0.1) is 17.2 Å². The van der Waals surface area contributed by atoms with E-state index in [1.807, 2.05) is 0 Å². The van der Waals surface area contributed by atoms with Crippen LogP contribution in [0.25, 0.3) is 0 Å². The van der Waals surface area contributed by atoms with Gasteiger partial charge in [0.1, 0.15) is 0 Å². The van der Waals surface area contributed by atoms with Crippen LogP contribution in [0.4, 0.5) is 0 Å². The van der Waals surface area contributed by atoms with E-state index in [2.05, 4.69) is 25.2 Å². The predicted octanol–water partition coefficient (Wildman–Crippen LogP) is 1.29. The van der Waals surface area contributed by atoms with Crippen LogP contribution in [0.1, 0.15) is 33.1 Å². The minimum Gasteiger partial charge on any atom is -0.395 e. The number of hydrogen-bond donors (Lipinski definition) is 2. The van der Waals surface area contributed by atoms with Gasteiger partial charge in [-0.05, 0) is 25.3 Å². The SMILES string of the molecule is CC(C)C(CO)NCCCCC#N. The molecular weight excluding hydrogens is 164 g/mol. The van der Waals surface area contributed by atoms with Gasteiger partial charge in [0.05, 0.1) is 12.7 Å². The fraction of sp³-hybridized carbons (Fsp3) is 0.900. The molecule has 0 rings (SSSR count). The Hall–Kier alpha value is -0.590. The van der Waals surface area contributed by atoms with Crippen molar-refractivity contribution in [3.05, 3.63) is 0 Å². The van der Waals surface area contributed by atoms with E-state index in [1.54, 1.807) is 0 Å². The lowest BCUT2D eigenvalue weighted by Crippen LogP contribution is -2.37. The first-order chi connectivity index (χ1) is 6.22. The van der Waals surface area contributed by atoms with Gasteiger partial charge in [0.25, 0.3) is 0 Å². The molecule has 0 aromatic rings. The molecule has 0 aromatic heterocycles. The molecule has 0 bridgehead atoms. The zero-order valence-electron chi connectivity index (χ0n) is 8.58. The second kappa shape index (κ2) is 8.03. The van der Waals surface area contributed by atoms with E-state index in [-0.39, 0.29) is 12.6 Å². The Labute approximate surface area is 80.8 Å². The maximum Gasteiger partial charge on any atom is 0.0621 e. The lowest BCUT2D eigenvalue weighted by atomic mass is 10.1. The summed E-state index contributed by atoms with van der Waals surface area (Å²) in [5.74, 6) is 0.459. The van der Waals surface area contributed by atoms with Gasteiger partial charge in [-0.1, -0.05) is 13.8 Å². The molecule has 0 fully saturated rings. The predicted molar refractivity (Wildman–Crippen MR) is 53.2 cm³/mol. The number of aliphatic hydroxyl groups excluding tert-OH is 1. The van der Waals surface area contributed by atoms with Gasteiger partial charge in [0, 0.05) is 12.5 Å². The zero-order valence-corrected chi connectivity index (χ0v) is 8.58. The van der Waals surface area contributed by atoms with Gasteiger partial charge in [-0.3, -0.25) is 0 Å². The van der Waals surface area contributed by atoms with Crippen molar-refractivity contribution < 1.29 is 5.11 Å². The van der Waals surface area contributed by atoms with Crippen LogP contribution in [0.2, 0.25) is 0 Å². The van der Waals surface area contributed by atoms with Gasteiger partial charge in [0.15, 0.2) is 0 Å². The van der Waals surface area contributed by atoms with Gasteiger partial charge in [-0.25, -0.2) is 0 Å². The van der Waals surface area contributed by atoms with E-state index in [0.717, 1.165) is 19.4 Å². The van der Waals surface area contributed by atoms with Crippen LogP contribution in [-0.2, 0) is 0 Å². The summed E-state index contributed by atoms with van der Waals surface area (Å²) in [6, 6.07) is 2.31. The Kier molecular flexibility index (Phi) is 7.66. The van der Waals surface area contributed by atoms with Crippen molar-refractivity contribution in [3.63, 3.8) is 0 Å². The summed E-state index contributed by atoms with van der Waals surface area (Å²) in [6.07, 6.45) is 2.59. The third-order valence-corrected chi connectivity index (χ3v) is 2.12. The Bertz CT molecular complexity index is 151. The van der Waals surface area contributed by atoms with Crippen LogP contribution in [-0.4, -0.2) is 24.3 Å². The molecule has 0 amide bonds. The van der Waals surface area contributed by atoms with E-state index in [1.165, 1.54) is 0 Å². The molecule has 0 aliphatic heterocycles. The molecular formula is C10H20N2O. The summed E-state index contributed by atoms with van der Waals surface area (Å²) in [7, 11) is 0. The van der Waals surface area contributed by atoms with Crippen molar-refractivity contribution in [1.29, 1.82) is 5.26 Å². The third-order valence-electron chi connectivity index (χ3n) is 2.12. The lowest BCUT2D eigenvalue weighted by molar-refractivity contribution is 0.211. The number of hydrogen-bond acceptors (Lipinski definition) is 3. The Morgan fingerprint density at radius 2 is 2.08 bits per heavy atom.